The maximum atomic E-state index is 10.8. The van der Waals surface area contributed by atoms with Gasteiger partial charge in [0.05, 0.1) is 7.11 Å². The van der Waals surface area contributed by atoms with E-state index >= 15 is 0 Å². The Bertz CT molecular complexity index is 846. The van der Waals surface area contributed by atoms with E-state index < -0.39 is 0 Å². The van der Waals surface area contributed by atoms with Crippen LogP contribution < -0.4 is 14.8 Å². The number of phenolic OH excluding ortho intramolecular Hbond substituents is 1. The lowest BCUT2D eigenvalue weighted by Crippen LogP contribution is -2.59. The number of nitrogens with one attached hydrogen (secondary N) is 1. The third-order valence-electron chi connectivity index (χ3n) is 7.00. The average Bonchev–Trinajstić information content (AvgIpc) is 2.70. The number of hydrogen-bond donors (Lipinski definition) is 2. The fourth-order valence-corrected chi connectivity index (χ4v) is 5.91. The summed E-state index contributed by atoms with van der Waals surface area (Å²) in [6.07, 6.45) is 6.91. The number of ether oxygens (including phenoxy) is 2. The number of fused-ring (bicyclic) bond motifs is 1. The average molecular weight is 365 g/mol. The number of para-hydroxylation sites is 1. The van der Waals surface area contributed by atoms with Gasteiger partial charge in [-0.25, -0.2) is 0 Å². The lowest BCUT2D eigenvalue weighted by atomic mass is 9.52. The summed E-state index contributed by atoms with van der Waals surface area (Å²) in [7, 11) is 1.66. The number of benzene rings is 2. The number of rotatable bonds is 3. The Balaban J connectivity index is 1.74. The Kier molecular flexibility index (Phi) is 4.05. The van der Waals surface area contributed by atoms with E-state index in [1.165, 1.54) is 31.2 Å². The van der Waals surface area contributed by atoms with E-state index in [4.69, 9.17) is 9.47 Å². The number of methoxy groups -OCH3 is 1. The third-order valence-corrected chi connectivity index (χ3v) is 7.00. The van der Waals surface area contributed by atoms with Crippen LogP contribution in [0.4, 0.5) is 0 Å². The highest BCUT2D eigenvalue weighted by Gasteiger charge is 2.54. The van der Waals surface area contributed by atoms with Crippen molar-refractivity contribution in [3.63, 3.8) is 0 Å². The zero-order valence-corrected chi connectivity index (χ0v) is 15.8. The highest BCUT2D eigenvalue weighted by atomic mass is 16.5. The third kappa shape index (κ3) is 2.53. The summed E-state index contributed by atoms with van der Waals surface area (Å²) in [5.41, 5.74) is 2.35. The molecule has 0 amide bonds. The van der Waals surface area contributed by atoms with E-state index in [9.17, 15) is 5.11 Å². The molecule has 2 aliphatic carbocycles. The van der Waals surface area contributed by atoms with Crippen LogP contribution in [0.2, 0.25) is 0 Å². The largest absolute Gasteiger partial charge is 0.508 e. The van der Waals surface area contributed by atoms with E-state index in [0.29, 0.717) is 23.5 Å². The van der Waals surface area contributed by atoms with E-state index in [2.05, 4.69) is 5.32 Å². The van der Waals surface area contributed by atoms with Gasteiger partial charge >= 0.3 is 0 Å². The first-order chi connectivity index (χ1) is 13.2. The molecule has 2 N–H and O–H groups in total. The minimum atomic E-state index is 0.0812. The first-order valence-electron chi connectivity index (χ1n) is 10.1. The summed E-state index contributed by atoms with van der Waals surface area (Å²) in [5, 5.41) is 14.6. The van der Waals surface area contributed by atoms with Gasteiger partial charge in [-0.3, -0.25) is 0 Å². The molecule has 3 aliphatic rings. The van der Waals surface area contributed by atoms with E-state index in [0.717, 1.165) is 36.4 Å². The van der Waals surface area contributed by atoms with Crippen LogP contribution in [0, 0.1) is 5.92 Å². The van der Waals surface area contributed by atoms with Crippen LogP contribution in [-0.4, -0.2) is 24.8 Å². The van der Waals surface area contributed by atoms with Crippen molar-refractivity contribution in [2.75, 3.05) is 13.7 Å². The first kappa shape index (κ1) is 16.9. The van der Waals surface area contributed by atoms with Crippen molar-refractivity contribution >= 4 is 0 Å². The molecule has 5 rings (SSSR count). The Morgan fingerprint density at radius 1 is 1.15 bits per heavy atom. The monoisotopic (exact) mass is 365 g/mol. The number of phenols is 1. The van der Waals surface area contributed by atoms with Crippen molar-refractivity contribution in [1.29, 1.82) is 0 Å². The molecule has 3 atom stereocenters. The molecule has 0 radical (unpaired) electrons. The van der Waals surface area contributed by atoms with Gasteiger partial charge in [0.2, 0.25) is 0 Å². The molecule has 142 valence electrons. The van der Waals surface area contributed by atoms with Crippen LogP contribution in [0.1, 0.15) is 43.2 Å². The van der Waals surface area contributed by atoms with Gasteiger partial charge in [-0.1, -0.05) is 31.0 Å². The van der Waals surface area contributed by atoms with Gasteiger partial charge in [0.15, 0.2) is 11.5 Å². The van der Waals surface area contributed by atoms with Crippen LogP contribution >= 0.6 is 0 Å². The predicted octanol–water partition coefficient (Wildman–Crippen LogP) is 4.54. The maximum Gasteiger partial charge on any atom is 0.173 e. The molecule has 0 spiro atoms. The summed E-state index contributed by atoms with van der Waals surface area (Å²) in [5.74, 6) is 3.20. The molecule has 27 heavy (non-hydrogen) atoms. The molecule has 0 aromatic heterocycles. The molecule has 1 aliphatic heterocycles. The zero-order chi connectivity index (χ0) is 18.4. The first-order valence-corrected chi connectivity index (χ1v) is 10.1. The Hall–Kier alpha value is -2.20. The molecule has 4 nitrogen and oxygen atoms in total. The molecule has 1 saturated heterocycles. The van der Waals surface area contributed by atoms with Crippen molar-refractivity contribution in [2.24, 2.45) is 5.92 Å². The van der Waals surface area contributed by atoms with Gasteiger partial charge in [-0.15, -0.1) is 0 Å². The molecule has 2 bridgehead atoms. The van der Waals surface area contributed by atoms with Crippen molar-refractivity contribution < 1.29 is 14.6 Å². The van der Waals surface area contributed by atoms with Crippen LogP contribution in [0.25, 0.3) is 0 Å². The lowest BCUT2D eigenvalue weighted by Gasteiger charge is -2.56. The molecule has 1 heterocycles. The lowest BCUT2D eigenvalue weighted by molar-refractivity contribution is 0.0763. The summed E-state index contributed by atoms with van der Waals surface area (Å²) in [6.45, 7) is 1.03. The number of aromatic hydroxyl groups is 1. The van der Waals surface area contributed by atoms with Gasteiger partial charge in [0, 0.05) is 28.7 Å². The van der Waals surface area contributed by atoms with Crippen molar-refractivity contribution in [1.82, 2.24) is 5.32 Å². The predicted molar refractivity (Wildman–Crippen MR) is 105 cm³/mol. The van der Waals surface area contributed by atoms with Crippen LogP contribution in [0.5, 0.6) is 23.0 Å². The summed E-state index contributed by atoms with van der Waals surface area (Å²) < 4.78 is 12.1. The SMILES string of the molecule is COc1cc(O)c2c(c1Oc1ccccc1)[C@@]13CCCC[C@H]1[C@@H](C2)NCC3. The van der Waals surface area contributed by atoms with Crippen LogP contribution in [-0.2, 0) is 11.8 Å². The van der Waals surface area contributed by atoms with Crippen molar-refractivity contribution in [3.8, 4) is 23.0 Å². The summed E-state index contributed by atoms with van der Waals surface area (Å²) in [4.78, 5) is 0. The van der Waals surface area contributed by atoms with Crippen LogP contribution in [0.15, 0.2) is 36.4 Å². The fraction of sp³-hybridized carbons (Fsp3) is 0.478. The van der Waals surface area contributed by atoms with Crippen molar-refractivity contribution in [2.45, 2.75) is 50.0 Å². The Morgan fingerprint density at radius 3 is 2.81 bits per heavy atom. The van der Waals surface area contributed by atoms with E-state index in [1.807, 2.05) is 30.3 Å². The topological polar surface area (TPSA) is 50.7 Å². The quantitative estimate of drug-likeness (QED) is 0.838. The van der Waals surface area contributed by atoms with Crippen molar-refractivity contribution in [3.05, 3.63) is 47.5 Å². The molecule has 2 fully saturated rings. The van der Waals surface area contributed by atoms with Gasteiger partial charge < -0.3 is 19.9 Å². The number of hydrogen-bond acceptors (Lipinski definition) is 4. The smallest absolute Gasteiger partial charge is 0.173 e. The highest BCUT2D eigenvalue weighted by molar-refractivity contribution is 5.63. The van der Waals surface area contributed by atoms with Gasteiger partial charge in [-0.2, -0.15) is 0 Å². The molecule has 4 heteroatoms. The summed E-state index contributed by atoms with van der Waals surface area (Å²) in [6, 6.07) is 12.1. The summed E-state index contributed by atoms with van der Waals surface area (Å²) >= 11 is 0. The second-order valence-corrected chi connectivity index (χ2v) is 8.22. The fourth-order valence-electron chi connectivity index (χ4n) is 5.91. The molecule has 1 saturated carbocycles. The minimum absolute atomic E-state index is 0.0812. The minimum Gasteiger partial charge on any atom is -0.508 e. The van der Waals surface area contributed by atoms with Gasteiger partial charge in [-0.05, 0) is 50.3 Å². The highest BCUT2D eigenvalue weighted by Crippen LogP contribution is 2.60. The second kappa shape index (κ2) is 6.45. The Labute approximate surface area is 160 Å². The number of piperidine rings is 1. The normalized spacial score (nSPS) is 28.8. The molecule has 2 aromatic carbocycles. The maximum absolute atomic E-state index is 10.8. The van der Waals surface area contributed by atoms with Gasteiger partial charge in [0.1, 0.15) is 11.5 Å². The van der Waals surface area contributed by atoms with Gasteiger partial charge in [0.25, 0.3) is 0 Å². The molecule has 2 aromatic rings. The Morgan fingerprint density at radius 2 is 2.00 bits per heavy atom. The second-order valence-electron chi connectivity index (χ2n) is 8.22. The van der Waals surface area contributed by atoms with E-state index in [1.54, 1.807) is 13.2 Å². The standard InChI is InChI=1S/C23H27NO3/c1-26-20-14-19(25)16-13-18-17-9-5-6-10-23(17,11-12-24-18)21(16)22(20)27-15-7-3-2-4-8-15/h2-4,7-8,14,17-18,24-25H,5-6,9-13H2,1H3/t17-,18+,23+/m0/s1. The molecular formula is C23H27NO3. The zero-order valence-electron chi connectivity index (χ0n) is 15.8. The molecule has 0 unspecified atom stereocenters. The van der Waals surface area contributed by atoms with E-state index in [-0.39, 0.29) is 5.41 Å². The molecular weight excluding hydrogens is 338 g/mol. The van der Waals surface area contributed by atoms with Crippen LogP contribution in [0.3, 0.4) is 0 Å².